The van der Waals surface area contributed by atoms with E-state index in [1.165, 1.54) is 33.4 Å². The summed E-state index contributed by atoms with van der Waals surface area (Å²) in [6.45, 7) is 0. The third kappa shape index (κ3) is 6.88. The molecule has 0 fully saturated rings. The Kier molecular flexibility index (Phi) is 9.18. The van der Waals surface area contributed by atoms with Crippen LogP contribution < -0.4 is 0 Å². The van der Waals surface area contributed by atoms with Crippen molar-refractivity contribution in [1.82, 2.24) is 14.5 Å². The van der Waals surface area contributed by atoms with Crippen LogP contribution in [0.15, 0.2) is 237 Å². The zero-order valence-corrected chi connectivity index (χ0v) is 33.4. The molecule has 0 atom stereocenters. The van der Waals surface area contributed by atoms with Gasteiger partial charge in [-0.2, -0.15) is 0 Å². The highest BCUT2D eigenvalue weighted by atomic mass is 15.0. The van der Waals surface area contributed by atoms with Crippen LogP contribution in [-0.4, -0.2) is 14.5 Å². The molecule has 0 saturated heterocycles. The highest BCUT2D eigenvalue weighted by molar-refractivity contribution is 6.11. The van der Waals surface area contributed by atoms with Crippen molar-refractivity contribution in [3.8, 4) is 84.0 Å². The van der Waals surface area contributed by atoms with Crippen molar-refractivity contribution in [3.63, 3.8) is 0 Å². The van der Waals surface area contributed by atoms with Gasteiger partial charge in [-0.05, 0) is 110 Å². The first-order chi connectivity index (χ1) is 30.2. The summed E-state index contributed by atoms with van der Waals surface area (Å²) in [6.07, 6.45) is 0. The average molecular weight is 778 g/mol. The molecule has 0 unspecified atom stereocenters. The van der Waals surface area contributed by atoms with Crippen molar-refractivity contribution in [3.05, 3.63) is 237 Å². The van der Waals surface area contributed by atoms with Crippen LogP contribution in [0, 0.1) is 0 Å². The molecule has 3 heteroatoms. The molecule has 2 heterocycles. The van der Waals surface area contributed by atoms with Crippen LogP contribution in [0.5, 0.6) is 0 Å². The molecule has 0 saturated carbocycles. The summed E-state index contributed by atoms with van der Waals surface area (Å²) in [7, 11) is 0. The first-order valence-corrected chi connectivity index (χ1v) is 20.7. The van der Waals surface area contributed by atoms with Gasteiger partial charge in [0.15, 0.2) is 5.82 Å². The second-order valence-corrected chi connectivity index (χ2v) is 15.4. The third-order valence-electron chi connectivity index (χ3n) is 11.6. The molecule has 11 rings (SSSR count). The van der Waals surface area contributed by atoms with Gasteiger partial charge >= 0.3 is 0 Å². The Morgan fingerprint density at radius 3 is 1.23 bits per heavy atom. The van der Waals surface area contributed by atoms with Gasteiger partial charge in [-0.15, -0.1) is 0 Å². The molecular weight excluding hydrogens is 739 g/mol. The van der Waals surface area contributed by atoms with Gasteiger partial charge in [-0.3, -0.25) is 0 Å². The number of nitrogens with zero attached hydrogens (tertiary/aromatic N) is 3. The standard InChI is InChI=1S/C58H39N3/c1-5-18-40(19-6-1)43-24-15-27-46(34-43)50-37-49(41-20-7-2-8-21-41)38-51(39-50)47-28-16-25-44(35-47)45-26-17-29-48(36-45)58-59-55(42-22-9-3-10-23-42)57-56(60-58)53-32-13-14-33-54(53)61(57)52-30-11-4-12-31-52/h1-39H. The summed E-state index contributed by atoms with van der Waals surface area (Å²) in [4.78, 5) is 10.8. The molecule has 0 aliphatic carbocycles. The Hall–Kier alpha value is -8.14. The Morgan fingerprint density at radius 2 is 0.656 bits per heavy atom. The Balaban J connectivity index is 1.03. The van der Waals surface area contributed by atoms with E-state index in [2.05, 4.69) is 241 Å². The molecule has 9 aromatic carbocycles. The Morgan fingerprint density at radius 1 is 0.279 bits per heavy atom. The summed E-state index contributed by atoms with van der Waals surface area (Å²) in [5.74, 6) is 0.693. The van der Waals surface area contributed by atoms with Crippen molar-refractivity contribution in [1.29, 1.82) is 0 Å². The molecule has 2 aromatic heterocycles. The molecule has 0 aliphatic rings. The lowest BCUT2D eigenvalue weighted by molar-refractivity contribution is 1.15. The number of benzene rings is 9. The zero-order valence-electron chi connectivity index (χ0n) is 33.4. The number of aromatic nitrogens is 3. The average Bonchev–Trinajstić information content (AvgIpc) is 3.69. The maximum absolute atomic E-state index is 5.39. The van der Waals surface area contributed by atoms with Crippen molar-refractivity contribution < 1.29 is 0 Å². The quantitative estimate of drug-likeness (QED) is 0.154. The number of hydrogen-bond donors (Lipinski definition) is 0. The monoisotopic (exact) mass is 777 g/mol. The number of para-hydroxylation sites is 2. The van der Waals surface area contributed by atoms with Crippen LogP contribution in [0.3, 0.4) is 0 Å². The second kappa shape index (κ2) is 15.6. The van der Waals surface area contributed by atoms with Gasteiger partial charge in [0.1, 0.15) is 5.52 Å². The van der Waals surface area contributed by atoms with Gasteiger partial charge in [0.05, 0.1) is 16.7 Å². The van der Waals surface area contributed by atoms with E-state index in [4.69, 9.17) is 9.97 Å². The normalized spacial score (nSPS) is 11.3. The van der Waals surface area contributed by atoms with E-state index in [-0.39, 0.29) is 0 Å². The number of fused-ring (bicyclic) bond motifs is 3. The van der Waals surface area contributed by atoms with E-state index < -0.39 is 0 Å². The van der Waals surface area contributed by atoms with Crippen LogP contribution in [-0.2, 0) is 0 Å². The second-order valence-electron chi connectivity index (χ2n) is 15.4. The number of hydrogen-bond acceptors (Lipinski definition) is 2. The maximum atomic E-state index is 5.39. The molecule has 0 bridgehead atoms. The molecule has 3 nitrogen and oxygen atoms in total. The predicted octanol–water partition coefficient (Wildman–Crippen LogP) is 15.2. The fourth-order valence-corrected chi connectivity index (χ4v) is 8.60. The van der Waals surface area contributed by atoms with E-state index in [0.717, 1.165) is 66.7 Å². The largest absolute Gasteiger partial charge is 0.306 e. The van der Waals surface area contributed by atoms with Gasteiger partial charge < -0.3 is 4.57 Å². The topological polar surface area (TPSA) is 30.7 Å². The van der Waals surface area contributed by atoms with Crippen molar-refractivity contribution in [2.75, 3.05) is 0 Å². The molecule has 61 heavy (non-hydrogen) atoms. The molecular formula is C58H39N3. The van der Waals surface area contributed by atoms with Crippen molar-refractivity contribution in [2.24, 2.45) is 0 Å². The predicted molar refractivity (Wildman–Crippen MR) is 254 cm³/mol. The lowest BCUT2D eigenvalue weighted by atomic mass is 9.91. The summed E-state index contributed by atoms with van der Waals surface area (Å²) < 4.78 is 2.30. The molecule has 11 aromatic rings. The zero-order chi connectivity index (χ0) is 40.5. The fraction of sp³-hybridized carbons (Fsp3) is 0. The minimum atomic E-state index is 0.693. The summed E-state index contributed by atoms with van der Waals surface area (Å²) in [6, 6.07) is 84.1. The summed E-state index contributed by atoms with van der Waals surface area (Å²) in [5, 5.41) is 1.09. The smallest absolute Gasteiger partial charge is 0.160 e. The van der Waals surface area contributed by atoms with Gasteiger partial charge in [0, 0.05) is 22.2 Å². The van der Waals surface area contributed by atoms with E-state index in [9.17, 15) is 0 Å². The summed E-state index contributed by atoms with van der Waals surface area (Å²) >= 11 is 0. The SMILES string of the molecule is c1ccc(-c2cccc(-c3cc(-c4ccccc4)cc(-c4cccc(-c5cccc(-c6nc(-c7ccccc7)c7c(n6)c6ccccc6n7-c6ccccc6)c5)c4)c3)c2)cc1. The van der Waals surface area contributed by atoms with Crippen molar-refractivity contribution in [2.45, 2.75) is 0 Å². The van der Waals surface area contributed by atoms with Crippen molar-refractivity contribution >= 4 is 21.9 Å². The maximum Gasteiger partial charge on any atom is 0.160 e. The van der Waals surface area contributed by atoms with Crippen LogP contribution in [0.2, 0.25) is 0 Å². The van der Waals surface area contributed by atoms with Crippen LogP contribution in [0.25, 0.3) is 106 Å². The van der Waals surface area contributed by atoms with E-state index in [0.29, 0.717) is 5.82 Å². The highest BCUT2D eigenvalue weighted by Gasteiger charge is 2.21. The Bertz CT molecular complexity index is 3330. The highest BCUT2D eigenvalue weighted by Crippen LogP contribution is 2.39. The first-order valence-electron chi connectivity index (χ1n) is 20.7. The lowest BCUT2D eigenvalue weighted by Gasteiger charge is -2.14. The fourth-order valence-electron chi connectivity index (χ4n) is 8.60. The molecule has 0 radical (unpaired) electrons. The molecule has 286 valence electrons. The summed E-state index contributed by atoms with van der Waals surface area (Å²) in [5.41, 5.74) is 18.7. The Labute approximate surface area is 355 Å². The van der Waals surface area contributed by atoms with Crippen LogP contribution >= 0.6 is 0 Å². The first kappa shape index (κ1) is 36.0. The van der Waals surface area contributed by atoms with Gasteiger partial charge in [-0.25, -0.2) is 9.97 Å². The van der Waals surface area contributed by atoms with Gasteiger partial charge in [0.2, 0.25) is 0 Å². The molecule has 0 amide bonds. The van der Waals surface area contributed by atoms with E-state index in [1.54, 1.807) is 0 Å². The molecule has 0 spiro atoms. The molecule has 0 N–H and O–H groups in total. The van der Waals surface area contributed by atoms with Gasteiger partial charge in [-0.1, -0.05) is 182 Å². The van der Waals surface area contributed by atoms with E-state index in [1.807, 2.05) is 0 Å². The molecule has 0 aliphatic heterocycles. The van der Waals surface area contributed by atoms with E-state index >= 15 is 0 Å². The number of rotatable bonds is 8. The lowest BCUT2D eigenvalue weighted by Crippen LogP contribution is -1.99. The minimum Gasteiger partial charge on any atom is -0.306 e. The van der Waals surface area contributed by atoms with Crippen LogP contribution in [0.1, 0.15) is 0 Å². The van der Waals surface area contributed by atoms with Gasteiger partial charge in [0.25, 0.3) is 0 Å². The minimum absolute atomic E-state index is 0.693. The van der Waals surface area contributed by atoms with Crippen LogP contribution in [0.4, 0.5) is 0 Å². The third-order valence-corrected chi connectivity index (χ3v) is 11.6.